The number of carbonyl (C=O) groups excluding carboxylic acids is 1. The van der Waals surface area contributed by atoms with Crippen molar-refractivity contribution in [2.75, 3.05) is 32.2 Å². The molecular formula is C14H24N4O2S2. The van der Waals surface area contributed by atoms with E-state index in [9.17, 15) is 4.79 Å². The number of hydrogen-bond acceptors (Lipinski definition) is 6. The average Bonchev–Trinajstić information content (AvgIpc) is 2.88. The molecule has 0 aliphatic rings. The van der Waals surface area contributed by atoms with Crippen molar-refractivity contribution >= 4 is 35.0 Å². The number of thioether (sulfide) groups is 1. The number of rotatable bonds is 7. The molecule has 0 saturated heterocycles. The molecule has 0 fully saturated rings. The maximum atomic E-state index is 11.8. The molecule has 0 aliphatic heterocycles. The number of esters is 1. The molecular weight excluding hydrogens is 320 g/mol. The first-order valence-electron chi connectivity index (χ1n) is 7.14. The van der Waals surface area contributed by atoms with Crippen LogP contribution in [0.5, 0.6) is 0 Å². The van der Waals surface area contributed by atoms with Crippen LogP contribution in [0.25, 0.3) is 0 Å². The molecule has 0 bridgehead atoms. The standard InChI is InChI=1S/C14H24N4O2S2/c1-6-20-13(19)11-9(2)17-12(22-11)10(3)18-14(15-4)16-7-8-21-5/h10H,6-8H2,1-5H3,(H2,15,16,18). The fraction of sp³-hybridized carbons (Fsp3) is 0.643. The van der Waals surface area contributed by atoms with Gasteiger partial charge in [-0.15, -0.1) is 11.3 Å². The van der Waals surface area contributed by atoms with Crippen LogP contribution in [0.4, 0.5) is 0 Å². The van der Waals surface area contributed by atoms with Crippen LogP contribution in [0.2, 0.25) is 0 Å². The quantitative estimate of drug-likeness (QED) is 0.342. The molecule has 0 aliphatic carbocycles. The molecule has 1 rings (SSSR count). The van der Waals surface area contributed by atoms with Gasteiger partial charge < -0.3 is 15.4 Å². The Balaban J connectivity index is 2.71. The molecule has 22 heavy (non-hydrogen) atoms. The summed E-state index contributed by atoms with van der Waals surface area (Å²) in [5, 5.41) is 7.36. The molecule has 2 N–H and O–H groups in total. The Bertz CT molecular complexity index is 517. The first-order valence-corrected chi connectivity index (χ1v) is 9.35. The summed E-state index contributed by atoms with van der Waals surface area (Å²) in [5.74, 6) is 1.43. The van der Waals surface area contributed by atoms with Crippen LogP contribution >= 0.6 is 23.1 Å². The Labute approximate surface area is 140 Å². The largest absolute Gasteiger partial charge is 0.462 e. The topological polar surface area (TPSA) is 75.6 Å². The van der Waals surface area contributed by atoms with E-state index in [0.717, 1.165) is 23.3 Å². The second-order valence-electron chi connectivity index (χ2n) is 4.54. The lowest BCUT2D eigenvalue weighted by Gasteiger charge is -2.15. The number of aryl methyl sites for hydroxylation is 1. The summed E-state index contributed by atoms with van der Waals surface area (Å²) in [6.07, 6.45) is 2.07. The van der Waals surface area contributed by atoms with Crippen molar-refractivity contribution in [2.24, 2.45) is 4.99 Å². The summed E-state index contributed by atoms with van der Waals surface area (Å²) in [7, 11) is 1.73. The fourth-order valence-corrected chi connectivity index (χ4v) is 2.99. The molecule has 0 spiro atoms. The van der Waals surface area contributed by atoms with Crippen molar-refractivity contribution in [1.29, 1.82) is 0 Å². The van der Waals surface area contributed by atoms with E-state index in [1.807, 2.05) is 13.8 Å². The highest BCUT2D eigenvalue weighted by Gasteiger charge is 2.19. The van der Waals surface area contributed by atoms with Gasteiger partial charge in [0.1, 0.15) is 9.88 Å². The SMILES string of the molecule is CCOC(=O)c1sc(C(C)NC(=NC)NCCSC)nc1C. The molecule has 6 nitrogen and oxygen atoms in total. The van der Waals surface area contributed by atoms with Gasteiger partial charge in [0.15, 0.2) is 5.96 Å². The van der Waals surface area contributed by atoms with E-state index in [4.69, 9.17) is 4.74 Å². The minimum Gasteiger partial charge on any atom is -0.462 e. The molecule has 0 amide bonds. The number of thiazole rings is 1. The van der Waals surface area contributed by atoms with Gasteiger partial charge in [0.25, 0.3) is 0 Å². The van der Waals surface area contributed by atoms with Crippen LogP contribution in [0, 0.1) is 6.92 Å². The summed E-state index contributed by atoms with van der Waals surface area (Å²) in [4.78, 5) is 21.1. The second kappa shape index (κ2) is 9.68. The lowest BCUT2D eigenvalue weighted by Crippen LogP contribution is -2.39. The van der Waals surface area contributed by atoms with Gasteiger partial charge in [0, 0.05) is 19.3 Å². The minimum atomic E-state index is -0.307. The highest BCUT2D eigenvalue weighted by molar-refractivity contribution is 7.98. The van der Waals surface area contributed by atoms with Crippen LogP contribution in [-0.2, 0) is 4.74 Å². The van der Waals surface area contributed by atoms with Crippen LogP contribution in [-0.4, -0.2) is 49.1 Å². The van der Waals surface area contributed by atoms with Gasteiger partial charge in [0.2, 0.25) is 0 Å². The first-order chi connectivity index (χ1) is 10.5. The van der Waals surface area contributed by atoms with Gasteiger partial charge in [-0.1, -0.05) is 0 Å². The summed E-state index contributed by atoms with van der Waals surface area (Å²) >= 11 is 3.14. The molecule has 8 heteroatoms. The van der Waals surface area contributed by atoms with E-state index < -0.39 is 0 Å². The predicted molar refractivity (Wildman–Crippen MR) is 94.1 cm³/mol. The third-order valence-electron chi connectivity index (χ3n) is 2.82. The van der Waals surface area contributed by atoms with Crippen LogP contribution in [0.15, 0.2) is 4.99 Å². The zero-order chi connectivity index (χ0) is 16.5. The highest BCUT2D eigenvalue weighted by atomic mass is 32.2. The van der Waals surface area contributed by atoms with Gasteiger partial charge in [-0.05, 0) is 27.0 Å². The van der Waals surface area contributed by atoms with Crippen molar-refractivity contribution in [2.45, 2.75) is 26.8 Å². The molecule has 1 unspecified atom stereocenters. The smallest absolute Gasteiger partial charge is 0.350 e. The van der Waals surface area contributed by atoms with E-state index in [1.165, 1.54) is 11.3 Å². The molecule has 1 atom stereocenters. The third-order valence-corrected chi connectivity index (χ3v) is 4.75. The number of nitrogens with zero attached hydrogens (tertiary/aromatic N) is 2. The molecule has 1 aromatic rings. The Morgan fingerprint density at radius 2 is 2.27 bits per heavy atom. The van der Waals surface area contributed by atoms with Crippen molar-refractivity contribution in [1.82, 2.24) is 15.6 Å². The Morgan fingerprint density at radius 1 is 1.55 bits per heavy atom. The molecule has 0 aromatic carbocycles. The first kappa shape index (κ1) is 18.8. The molecule has 0 radical (unpaired) electrons. The summed E-state index contributed by atoms with van der Waals surface area (Å²) in [6, 6.07) is -0.0349. The van der Waals surface area contributed by atoms with Crippen LogP contribution < -0.4 is 10.6 Å². The normalized spacial score (nSPS) is 12.9. The van der Waals surface area contributed by atoms with Gasteiger partial charge in [-0.3, -0.25) is 4.99 Å². The Morgan fingerprint density at radius 3 is 2.86 bits per heavy atom. The number of carbonyl (C=O) groups is 1. The monoisotopic (exact) mass is 344 g/mol. The van der Waals surface area contributed by atoms with Gasteiger partial charge in [0.05, 0.1) is 18.3 Å². The van der Waals surface area contributed by atoms with E-state index >= 15 is 0 Å². The van der Waals surface area contributed by atoms with E-state index in [2.05, 4.69) is 26.9 Å². The van der Waals surface area contributed by atoms with Crippen molar-refractivity contribution in [3.63, 3.8) is 0 Å². The molecule has 124 valence electrons. The number of nitrogens with one attached hydrogen (secondary N) is 2. The van der Waals surface area contributed by atoms with Crippen molar-refractivity contribution < 1.29 is 9.53 Å². The average molecular weight is 345 g/mol. The fourth-order valence-electron chi connectivity index (χ4n) is 1.72. The van der Waals surface area contributed by atoms with E-state index in [-0.39, 0.29) is 12.0 Å². The Kier molecular flexibility index (Phi) is 8.26. The Hall–Kier alpha value is -1.28. The van der Waals surface area contributed by atoms with Crippen LogP contribution in [0.3, 0.4) is 0 Å². The number of guanidine groups is 1. The van der Waals surface area contributed by atoms with Crippen LogP contribution in [0.1, 0.15) is 40.3 Å². The highest BCUT2D eigenvalue weighted by Crippen LogP contribution is 2.24. The third kappa shape index (κ3) is 5.49. The summed E-state index contributed by atoms with van der Waals surface area (Å²) < 4.78 is 5.04. The number of aromatic nitrogens is 1. The van der Waals surface area contributed by atoms with Gasteiger partial charge >= 0.3 is 5.97 Å². The number of aliphatic imine (C=N–C) groups is 1. The lowest BCUT2D eigenvalue weighted by atomic mass is 10.3. The van der Waals surface area contributed by atoms with Gasteiger partial charge in [-0.2, -0.15) is 11.8 Å². The maximum Gasteiger partial charge on any atom is 0.350 e. The van der Waals surface area contributed by atoms with E-state index in [0.29, 0.717) is 17.2 Å². The number of ether oxygens (including phenoxy) is 1. The van der Waals surface area contributed by atoms with Crippen molar-refractivity contribution in [3.05, 3.63) is 15.6 Å². The van der Waals surface area contributed by atoms with E-state index in [1.54, 1.807) is 25.7 Å². The predicted octanol–water partition coefficient (Wildman–Crippen LogP) is 2.22. The van der Waals surface area contributed by atoms with Crippen molar-refractivity contribution in [3.8, 4) is 0 Å². The summed E-state index contributed by atoms with van der Waals surface area (Å²) in [6.45, 7) is 6.83. The molecule has 1 heterocycles. The molecule has 1 aromatic heterocycles. The lowest BCUT2D eigenvalue weighted by molar-refractivity contribution is 0.0531. The minimum absolute atomic E-state index is 0.0349. The maximum absolute atomic E-state index is 11.8. The van der Waals surface area contributed by atoms with Gasteiger partial charge in [-0.25, -0.2) is 9.78 Å². The summed E-state index contributed by atoms with van der Waals surface area (Å²) in [5.41, 5.74) is 0.706. The second-order valence-corrected chi connectivity index (χ2v) is 6.56. The zero-order valence-corrected chi connectivity index (χ0v) is 15.4. The molecule has 0 saturated carbocycles. The zero-order valence-electron chi connectivity index (χ0n) is 13.7. The number of hydrogen-bond donors (Lipinski definition) is 2.